The molecule has 1 amide bonds. The van der Waals surface area contributed by atoms with Gasteiger partial charge < -0.3 is 4.90 Å². The minimum Gasteiger partial charge on any atom is -0.342 e. The van der Waals surface area contributed by atoms with E-state index in [2.05, 4.69) is 29.8 Å². The zero-order valence-electron chi connectivity index (χ0n) is 11.0. The third kappa shape index (κ3) is 3.58. The molecule has 0 saturated carbocycles. The predicted molar refractivity (Wildman–Crippen MR) is 77.4 cm³/mol. The molecule has 0 radical (unpaired) electrons. The van der Waals surface area contributed by atoms with Gasteiger partial charge in [0.2, 0.25) is 5.91 Å². The summed E-state index contributed by atoms with van der Waals surface area (Å²) < 4.78 is 1.05. The smallest absolute Gasteiger partial charge is 0.227 e. The Morgan fingerprint density at radius 3 is 2.33 bits per heavy atom. The second-order valence-corrected chi connectivity index (χ2v) is 6.46. The fourth-order valence-electron chi connectivity index (χ4n) is 2.76. The minimum absolute atomic E-state index is 0.260. The van der Waals surface area contributed by atoms with E-state index in [1.165, 1.54) is 6.42 Å². The number of carbonyl (C=O) groups is 1. The van der Waals surface area contributed by atoms with Crippen LogP contribution in [0, 0.1) is 11.8 Å². The molecular formula is C15H20BrNO. The fourth-order valence-corrected chi connectivity index (χ4v) is 3.02. The van der Waals surface area contributed by atoms with Crippen molar-refractivity contribution in [2.45, 2.75) is 26.7 Å². The van der Waals surface area contributed by atoms with E-state index in [4.69, 9.17) is 0 Å². The number of likely N-dealkylation sites (tertiary alicyclic amines) is 1. The summed E-state index contributed by atoms with van der Waals surface area (Å²) in [5.74, 6) is 1.51. The molecule has 2 nitrogen and oxygen atoms in total. The van der Waals surface area contributed by atoms with Gasteiger partial charge in [0, 0.05) is 17.6 Å². The molecule has 1 saturated heterocycles. The summed E-state index contributed by atoms with van der Waals surface area (Å²) >= 11 is 3.41. The number of hydrogen-bond donors (Lipinski definition) is 0. The molecule has 0 aliphatic carbocycles. The number of benzene rings is 1. The Morgan fingerprint density at radius 1 is 1.22 bits per heavy atom. The van der Waals surface area contributed by atoms with Crippen LogP contribution in [-0.2, 0) is 11.2 Å². The lowest BCUT2D eigenvalue weighted by molar-refractivity contribution is -0.133. The molecule has 1 aromatic carbocycles. The van der Waals surface area contributed by atoms with E-state index >= 15 is 0 Å². The summed E-state index contributed by atoms with van der Waals surface area (Å²) in [4.78, 5) is 14.3. The van der Waals surface area contributed by atoms with Crippen molar-refractivity contribution in [3.05, 3.63) is 34.3 Å². The normalized spacial score (nSPS) is 24.1. The molecule has 98 valence electrons. The predicted octanol–water partition coefficient (Wildman–Crippen LogP) is 3.50. The van der Waals surface area contributed by atoms with Crippen LogP contribution < -0.4 is 0 Å². The maximum absolute atomic E-state index is 12.3. The van der Waals surface area contributed by atoms with Crippen LogP contribution >= 0.6 is 15.9 Å². The molecule has 0 bridgehead atoms. The highest BCUT2D eigenvalue weighted by atomic mass is 79.9. The Hall–Kier alpha value is -0.830. The number of rotatable bonds is 2. The number of carbonyl (C=O) groups excluding carboxylic acids is 1. The molecule has 1 aromatic rings. The van der Waals surface area contributed by atoms with Crippen molar-refractivity contribution in [3.8, 4) is 0 Å². The lowest BCUT2D eigenvalue weighted by Gasteiger charge is -2.35. The average Bonchev–Trinajstić information content (AvgIpc) is 2.31. The van der Waals surface area contributed by atoms with Crippen LogP contribution in [0.2, 0.25) is 0 Å². The molecule has 1 heterocycles. The second kappa shape index (κ2) is 5.87. The van der Waals surface area contributed by atoms with Gasteiger partial charge in [-0.25, -0.2) is 0 Å². The average molecular weight is 310 g/mol. The standard InChI is InChI=1S/C15H20BrNO/c1-11-7-12(2)10-17(9-11)15(18)8-13-3-5-14(16)6-4-13/h3-6,11-12H,7-10H2,1-2H3/t11-,12-/m0/s1. The summed E-state index contributed by atoms with van der Waals surface area (Å²) in [6.07, 6.45) is 1.76. The van der Waals surface area contributed by atoms with Crippen LogP contribution in [0.15, 0.2) is 28.7 Å². The molecule has 2 rings (SSSR count). The maximum Gasteiger partial charge on any atom is 0.227 e. The van der Waals surface area contributed by atoms with Gasteiger partial charge >= 0.3 is 0 Å². The zero-order chi connectivity index (χ0) is 13.1. The summed E-state index contributed by atoms with van der Waals surface area (Å²) in [5, 5.41) is 0. The highest BCUT2D eigenvalue weighted by molar-refractivity contribution is 9.10. The molecule has 0 spiro atoms. The first-order valence-corrected chi connectivity index (χ1v) is 7.36. The van der Waals surface area contributed by atoms with Gasteiger partial charge in [-0.05, 0) is 36.0 Å². The maximum atomic E-state index is 12.3. The van der Waals surface area contributed by atoms with Gasteiger partial charge in [-0.3, -0.25) is 4.79 Å². The number of piperidine rings is 1. The highest BCUT2D eigenvalue weighted by Crippen LogP contribution is 2.21. The quantitative estimate of drug-likeness (QED) is 0.819. The molecule has 18 heavy (non-hydrogen) atoms. The lowest BCUT2D eigenvalue weighted by atomic mass is 9.91. The number of amides is 1. The van der Waals surface area contributed by atoms with Crippen molar-refractivity contribution < 1.29 is 4.79 Å². The molecule has 2 atom stereocenters. The Balaban J connectivity index is 1.97. The van der Waals surface area contributed by atoms with Crippen molar-refractivity contribution in [1.82, 2.24) is 4.90 Å². The van der Waals surface area contributed by atoms with Crippen LogP contribution in [0.5, 0.6) is 0 Å². The first kappa shape index (κ1) is 13.6. The molecule has 0 N–H and O–H groups in total. The van der Waals surface area contributed by atoms with Gasteiger partial charge in [0.1, 0.15) is 0 Å². The summed E-state index contributed by atoms with van der Waals surface area (Å²) in [5.41, 5.74) is 1.09. The molecular weight excluding hydrogens is 290 g/mol. The Labute approximate surface area is 117 Å². The first-order chi connectivity index (χ1) is 8.54. The van der Waals surface area contributed by atoms with Gasteiger partial charge in [0.05, 0.1) is 6.42 Å². The van der Waals surface area contributed by atoms with Crippen molar-refractivity contribution in [2.24, 2.45) is 11.8 Å². The Bertz CT molecular complexity index is 405. The number of nitrogens with zero attached hydrogens (tertiary/aromatic N) is 1. The van der Waals surface area contributed by atoms with Crippen molar-refractivity contribution in [2.75, 3.05) is 13.1 Å². The number of halogens is 1. The zero-order valence-corrected chi connectivity index (χ0v) is 12.6. The lowest BCUT2D eigenvalue weighted by Crippen LogP contribution is -2.43. The number of hydrogen-bond acceptors (Lipinski definition) is 1. The van der Waals surface area contributed by atoms with Crippen LogP contribution in [0.3, 0.4) is 0 Å². The van der Waals surface area contributed by atoms with E-state index in [1.807, 2.05) is 29.2 Å². The van der Waals surface area contributed by atoms with Crippen LogP contribution in [-0.4, -0.2) is 23.9 Å². The van der Waals surface area contributed by atoms with E-state index in [0.717, 1.165) is 23.1 Å². The second-order valence-electron chi connectivity index (χ2n) is 5.55. The monoisotopic (exact) mass is 309 g/mol. The topological polar surface area (TPSA) is 20.3 Å². The third-order valence-corrected chi connectivity index (χ3v) is 4.02. The highest BCUT2D eigenvalue weighted by Gasteiger charge is 2.25. The van der Waals surface area contributed by atoms with Crippen molar-refractivity contribution in [1.29, 1.82) is 0 Å². The molecule has 1 aliphatic heterocycles. The minimum atomic E-state index is 0.260. The molecule has 1 aliphatic rings. The van der Waals surface area contributed by atoms with Crippen LogP contribution in [0.1, 0.15) is 25.8 Å². The third-order valence-electron chi connectivity index (χ3n) is 3.49. The van der Waals surface area contributed by atoms with E-state index in [9.17, 15) is 4.79 Å². The van der Waals surface area contributed by atoms with Gasteiger partial charge in [0.15, 0.2) is 0 Å². The fraction of sp³-hybridized carbons (Fsp3) is 0.533. The van der Waals surface area contributed by atoms with E-state index in [0.29, 0.717) is 18.3 Å². The molecule has 3 heteroatoms. The van der Waals surface area contributed by atoms with Gasteiger partial charge in [-0.15, -0.1) is 0 Å². The Morgan fingerprint density at radius 2 is 1.78 bits per heavy atom. The molecule has 0 aromatic heterocycles. The SMILES string of the molecule is C[C@H]1C[C@H](C)CN(C(=O)Cc2ccc(Br)cc2)C1. The van der Waals surface area contributed by atoms with Gasteiger partial charge in [-0.1, -0.05) is 41.9 Å². The summed E-state index contributed by atoms with van der Waals surface area (Å²) in [6, 6.07) is 8.01. The summed E-state index contributed by atoms with van der Waals surface area (Å²) in [6.45, 7) is 6.30. The van der Waals surface area contributed by atoms with E-state index in [-0.39, 0.29) is 5.91 Å². The first-order valence-electron chi connectivity index (χ1n) is 6.57. The van der Waals surface area contributed by atoms with Crippen molar-refractivity contribution in [3.63, 3.8) is 0 Å². The van der Waals surface area contributed by atoms with Crippen LogP contribution in [0.25, 0.3) is 0 Å². The van der Waals surface area contributed by atoms with Crippen LogP contribution in [0.4, 0.5) is 0 Å². The van der Waals surface area contributed by atoms with E-state index < -0.39 is 0 Å². The van der Waals surface area contributed by atoms with Crippen molar-refractivity contribution >= 4 is 21.8 Å². The Kier molecular flexibility index (Phi) is 4.44. The van der Waals surface area contributed by atoms with Gasteiger partial charge in [0.25, 0.3) is 0 Å². The largest absolute Gasteiger partial charge is 0.342 e. The molecule has 0 unspecified atom stereocenters. The van der Waals surface area contributed by atoms with E-state index in [1.54, 1.807) is 0 Å². The summed E-state index contributed by atoms with van der Waals surface area (Å²) in [7, 11) is 0. The van der Waals surface area contributed by atoms with Gasteiger partial charge in [-0.2, -0.15) is 0 Å². The molecule has 1 fully saturated rings.